The molecule has 0 saturated carbocycles. The lowest BCUT2D eigenvalue weighted by Crippen LogP contribution is -2.40. The third-order valence-electron chi connectivity index (χ3n) is 5.74. The number of nitrogens with zero attached hydrogens (tertiary/aromatic N) is 1. The number of aromatic nitrogens is 1. The van der Waals surface area contributed by atoms with E-state index in [1.165, 1.54) is 37.1 Å². The molecule has 2 rings (SSSR count). The highest BCUT2D eigenvalue weighted by Gasteiger charge is 2.36. The van der Waals surface area contributed by atoms with Gasteiger partial charge in [-0.1, -0.05) is 40.0 Å². The predicted molar refractivity (Wildman–Crippen MR) is 124 cm³/mol. The lowest BCUT2D eigenvalue weighted by Gasteiger charge is -2.36. The zero-order valence-electron chi connectivity index (χ0n) is 18.5. The van der Waals surface area contributed by atoms with Gasteiger partial charge in [0.05, 0.1) is 17.8 Å². The fourth-order valence-corrected chi connectivity index (χ4v) is 4.71. The third-order valence-corrected chi connectivity index (χ3v) is 11.2. The summed E-state index contributed by atoms with van der Waals surface area (Å²) in [7, 11) is 0.122. The van der Waals surface area contributed by atoms with Crippen molar-refractivity contribution in [3.8, 4) is 17.0 Å². The standard InChI is InChI=1S/C23H37NO2SSi/c1-23(2,3)28(5,6)26-17-11-9-7-8-10-12-22-24-21(18-27-22)19-13-15-20(25-4)16-14-19/h13-16,18H,7-12,17H2,1-6H3. The highest BCUT2D eigenvalue weighted by atomic mass is 32.1. The summed E-state index contributed by atoms with van der Waals surface area (Å²) in [6.45, 7) is 12.5. The van der Waals surface area contributed by atoms with E-state index in [1.54, 1.807) is 18.4 Å². The highest BCUT2D eigenvalue weighted by molar-refractivity contribution is 7.09. The molecule has 1 aromatic heterocycles. The van der Waals surface area contributed by atoms with Crippen molar-refractivity contribution in [2.75, 3.05) is 13.7 Å². The van der Waals surface area contributed by atoms with Crippen LogP contribution < -0.4 is 4.74 Å². The second-order valence-corrected chi connectivity index (χ2v) is 14.7. The van der Waals surface area contributed by atoms with E-state index >= 15 is 0 Å². The van der Waals surface area contributed by atoms with Gasteiger partial charge in [-0.3, -0.25) is 0 Å². The first kappa shape index (κ1) is 23.1. The number of thiazole rings is 1. The van der Waals surface area contributed by atoms with Gasteiger partial charge in [0.25, 0.3) is 0 Å². The number of hydrogen-bond acceptors (Lipinski definition) is 4. The Bertz CT molecular complexity index is 704. The van der Waals surface area contributed by atoms with Gasteiger partial charge in [0.1, 0.15) is 5.75 Å². The van der Waals surface area contributed by atoms with Crippen molar-refractivity contribution >= 4 is 19.7 Å². The highest BCUT2D eigenvalue weighted by Crippen LogP contribution is 2.36. The molecule has 0 bridgehead atoms. The van der Waals surface area contributed by atoms with E-state index in [1.807, 2.05) is 12.1 Å². The Balaban J connectivity index is 1.61. The number of aryl methyl sites for hydroxylation is 1. The SMILES string of the molecule is COc1ccc(-c2csc(CCCCCCCO[Si](C)(C)C(C)(C)C)n2)cc1. The minimum atomic E-state index is -1.57. The summed E-state index contributed by atoms with van der Waals surface area (Å²) in [5.41, 5.74) is 2.23. The Morgan fingerprint density at radius 2 is 1.61 bits per heavy atom. The summed E-state index contributed by atoms with van der Waals surface area (Å²) in [6.07, 6.45) is 7.32. The van der Waals surface area contributed by atoms with E-state index in [0.29, 0.717) is 5.04 Å². The molecule has 2 aromatic rings. The van der Waals surface area contributed by atoms with Crippen LogP contribution in [0.15, 0.2) is 29.6 Å². The van der Waals surface area contributed by atoms with Crippen molar-refractivity contribution < 1.29 is 9.16 Å². The van der Waals surface area contributed by atoms with Crippen LogP contribution in [-0.4, -0.2) is 27.0 Å². The molecular weight excluding hydrogens is 382 g/mol. The van der Waals surface area contributed by atoms with Crippen LogP contribution in [0.3, 0.4) is 0 Å². The minimum absolute atomic E-state index is 0.311. The average molecular weight is 420 g/mol. The van der Waals surface area contributed by atoms with Crippen LogP contribution in [0.25, 0.3) is 11.3 Å². The summed E-state index contributed by atoms with van der Waals surface area (Å²) < 4.78 is 11.5. The Hall–Kier alpha value is -1.17. The Morgan fingerprint density at radius 3 is 2.25 bits per heavy atom. The number of unbranched alkanes of at least 4 members (excludes halogenated alkanes) is 4. The fourth-order valence-electron chi connectivity index (χ4n) is 2.77. The van der Waals surface area contributed by atoms with Gasteiger partial charge in [0, 0.05) is 17.6 Å². The molecule has 0 unspecified atom stereocenters. The molecule has 0 aliphatic rings. The third kappa shape index (κ3) is 7.01. The normalized spacial score (nSPS) is 12.4. The number of ether oxygens (including phenoxy) is 1. The van der Waals surface area contributed by atoms with Crippen molar-refractivity contribution in [1.82, 2.24) is 4.98 Å². The van der Waals surface area contributed by atoms with Crippen LogP contribution in [0.4, 0.5) is 0 Å². The maximum absolute atomic E-state index is 6.25. The molecule has 0 radical (unpaired) electrons. The van der Waals surface area contributed by atoms with Gasteiger partial charge < -0.3 is 9.16 Å². The maximum Gasteiger partial charge on any atom is 0.191 e. The molecule has 0 N–H and O–H groups in total. The number of benzene rings is 1. The lowest BCUT2D eigenvalue weighted by molar-refractivity contribution is 0.277. The topological polar surface area (TPSA) is 31.4 Å². The van der Waals surface area contributed by atoms with E-state index < -0.39 is 8.32 Å². The largest absolute Gasteiger partial charge is 0.497 e. The van der Waals surface area contributed by atoms with Gasteiger partial charge in [-0.2, -0.15) is 0 Å². The first-order chi connectivity index (χ1) is 13.2. The number of hydrogen-bond donors (Lipinski definition) is 0. The summed E-state index contributed by atoms with van der Waals surface area (Å²) >= 11 is 1.77. The van der Waals surface area contributed by atoms with Crippen LogP contribution in [-0.2, 0) is 10.8 Å². The Labute approximate surface area is 176 Å². The molecule has 0 aliphatic carbocycles. The number of rotatable bonds is 11. The zero-order chi connectivity index (χ0) is 20.6. The smallest absolute Gasteiger partial charge is 0.191 e. The van der Waals surface area contributed by atoms with Gasteiger partial charge in [-0.15, -0.1) is 11.3 Å². The molecule has 28 heavy (non-hydrogen) atoms. The molecule has 0 spiro atoms. The van der Waals surface area contributed by atoms with Crippen molar-refractivity contribution in [1.29, 1.82) is 0 Å². The van der Waals surface area contributed by atoms with Gasteiger partial charge >= 0.3 is 0 Å². The molecule has 0 fully saturated rings. The van der Waals surface area contributed by atoms with E-state index in [9.17, 15) is 0 Å². The Morgan fingerprint density at radius 1 is 0.964 bits per heavy atom. The molecular formula is C23H37NO2SSi. The van der Waals surface area contributed by atoms with Gasteiger partial charge in [0.15, 0.2) is 8.32 Å². The molecule has 0 atom stereocenters. The lowest BCUT2D eigenvalue weighted by atomic mass is 10.1. The summed E-state index contributed by atoms with van der Waals surface area (Å²) in [5.74, 6) is 0.883. The van der Waals surface area contributed by atoms with Crippen molar-refractivity contribution in [2.45, 2.75) is 77.4 Å². The van der Waals surface area contributed by atoms with E-state index in [-0.39, 0.29) is 0 Å². The molecule has 3 nitrogen and oxygen atoms in total. The average Bonchev–Trinajstić information content (AvgIpc) is 3.12. The monoisotopic (exact) mass is 419 g/mol. The Kier molecular flexibility index (Phi) is 8.72. The fraction of sp³-hybridized carbons (Fsp3) is 0.609. The predicted octanol–water partition coefficient (Wildman–Crippen LogP) is 7.33. The molecule has 0 amide bonds. The molecule has 1 aromatic carbocycles. The summed E-state index contributed by atoms with van der Waals surface area (Å²) in [4.78, 5) is 4.80. The molecule has 1 heterocycles. The van der Waals surface area contributed by atoms with Crippen molar-refractivity contribution in [3.05, 3.63) is 34.7 Å². The maximum atomic E-state index is 6.25. The summed E-state index contributed by atoms with van der Waals surface area (Å²) in [5, 5.41) is 3.72. The minimum Gasteiger partial charge on any atom is -0.497 e. The quantitative estimate of drug-likeness (QED) is 0.282. The van der Waals surface area contributed by atoms with Gasteiger partial charge in [-0.05, 0) is 61.7 Å². The van der Waals surface area contributed by atoms with E-state index in [2.05, 4.69) is 51.4 Å². The van der Waals surface area contributed by atoms with E-state index in [4.69, 9.17) is 14.1 Å². The van der Waals surface area contributed by atoms with Crippen LogP contribution in [0.2, 0.25) is 18.1 Å². The van der Waals surface area contributed by atoms with Crippen LogP contribution in [0, 0.1) is 0 Å². The zero-order valence-corrected chi connectivity index (χ0v) is 20.3. The second-order valence-electron chi connectivity index (χ2n) is 8.98. The number of methoxy groups -OCH3 is 1. The van der Waals surface area contributed by atoms with Crippen molar-refractivity contribution in [3.63, 3.8) is 0 Å². The molecule has 0 saturated heterocycles. The van der Waals surface area contributed by atoms with Crippen LogP contribution in [0.1, 0.15) is 57.9 Å². The molecule has 5 heteroatoms. The van der Waals surface area contributed by atoms with Crippen LogP contribution in [0.5, 0.6) is 5.75 Å². The van der Waals surface area contributed by atoms with Crippen molar-refractivity contribution in [2.24, 2.45) is 0 Å². The second kappa shape index (κ2) is 10.6. The molecule has 0 aliphatic heterocycles. The first-order valence-corrected chi connectivity index (χ1v) is 14.2. The van der Waals surface area contributed by atoms with Gasteiger partial charge in [0.2, 0.25) is 0 Å². The van der Waals surface area contributed by atoms with Gasteiger partial charge in [-0.25, -0.2) is 4.98 Å². The van der Waals surface area contributed by atoms with E-state index in [0.717, 1.165) is 30.0 Å². The molecule has 156 valence electrons. The van der Waals surface area contributed by atoms with Crippen LogP contribution >= 0.6 is 11.3 Å². The first-order valence-electron chi connectivity index (χ1n) is 10.5. The summed E-state index contributed by atoms with van der Waals surface area (Å²) in [6, 6.07) is 8.12.